The van der Waals surface area contributed by atoms with Gasteiger partial charge in [-0.2, -0.15) is 0 Å². The van der Waals surface area contributed by atoms with Crippen molar-refractivity contribution in [2.45, 2.75) is 24.8 Å². The summed E-state index contributed by atoms with van der Waals surface area (Å²) in [5.74, 6) is 0. The van der Waals surface area contributed by atoms with Gasteiger partial charge in [0, 0.05) is 11.1 Å². The summed E-state index contributed by atoms with van der Waals surface area (Å²) in [5.41, 5.74) is 7.94. The van der Waals surface area contributed by atoms with E-state index in [0.29, 0.717) is 11.4 Å². The van der Waals surface area contributed by atoms with Crippen LogP contribution in [-0.2, 0) is 10.0 Å². The van der Waals surface area contributed by atoms with E-state index >= 15 is 0 Å². The van der Waals surface area contributed by atoms with Crippen LogP contribution < -0.4 is 15.8 Å². The van der Waals surface area contributed by atoms with Crippen molar-refractivity contribution in [3.8, 4) is 0 Å². The molecule has 1 aromatic heterocycles. The number of nitrogens with zero attached hydrogens (tertiary/aromatic N) is 1. The summed E-state index contributed by atoms with van der Waals surface area (Å²) in [6.07, 6.45) is 0. The molecule has 0 radical (unpaired) electrons. The first-order chi connectivity index (χ1) is 9.83. The van der Waals surface area contributed by atoms with Gasteiger partial charge in [-0.3, -0.25) is 0 Å². The lowest BCUT2D eigenvalue weighted by atomic mass is 10.2. The highest BCUT2D eigenvalue weighted by Gasteiger charge is 2.15. The fourth-order valence-corrected chi connectivity index (χ4v) is 3.37. The molecule has 0 bridgehead atoms. The third-order valence-corrected chi connectivity index (χ3v) is 5.54. The molecule has 1 unspecified atom stereocenters. The monoisotopic (exact) mass is 326 g/mol. The molecular formula is C13H18N4O2S2. The smallest absolute Gasteiger partial charge is 0.240 e. The number of aromatic nitrogens is 1. The van der Waals surface area contributed by atoms with Gasteiger partial charge in [0.05, 0.1) is 22.3 Å². The van der Waals surface area contributed by atoms with E-state index in [1.54, 1.807) is 17.4 Å². The molecule has 0 saturated heterocycles. The van der Waals surface area contributed by atoms with Crippen LogP contribution in [0.1, 0.15) is 23.7 Å². The Bertz CT molecular complexity index is 740. The Morgan fingerprint density at radius 1 is 1.38 bits per heavy atom. The Balaban J connectivity index is 2.29. The predicted molar refractivity (Wildman–Crippen MR) is 86.0 cm³/mol. The molecule has 114 valence electrons. The minimum atomic E-state index is -3.49. The van der Waals surface area contributed by atoms with Crippen LogP contribution in [0.3, 0.4) is 0 Å². The van der Waals surface area contributed by atoms with Crippen molar-refractivity contribution in [2.24, 2.45) is 0 Å². The van der Waals surface area contributed by atoms with Crippen molar-refractivity contribution in [3.63, 3.8) is 0 Å². The second-order valence-electron chi connectivity index (χ2n) is 4.65. The van der Waals surface area contributed by atoms with Gasteiger partial charge in [-0.05, 0) is 39.1 Å². The van der Waals surface area contributed by atoms with Crippen molar-refractivity contribution in [2.75, 3.05) is 18.1 Å². The van der Waals surface area contributed by atoms with Crippen molar-refractivity contribution in [1.82, 2.24) is 9.71 Å². The number of rotatable bonds is 5. The fourth-order valence-electron chi connectivity index (χ4n) is 1.81. The number of anilines is 2. The van der Waals surface area contributed by atoms with E-state index in [1.165, 1.54) is 19.2 Å². The molecule has 0 amide bonds. The maximum Gasteiger partial charge on any atom is 0.240 e. The molecule has 1 heterocycles. The summed E-state index contributed by atoms with van der Waals surface area (Å²) in [4.78, 5) is 4.58. The number of aryl methyl sites for hydroxylation is 1. The number of thiazole rings is 1. The lowest BCUT2D eigenvalue weighted by molar-refractivity contribution is 0.588. The Labute approximate surface area is 128 Å². The average molecular weight is 326 g/mol. The third-order valence-electron chi connectivity index (χ3n) is 2.98. The Morgan fingerprint density at radius 3 is 2.67 bits per heavy atom. The molecule has 0 aliphatic carbocycles. The van der Waals surface area contributed by atoms with Crippen LogP contribution in [-0.4, -0.2) is 20.4 Å². The van der Waals surface area contributed by atoms with Gasteiger partial charge < -0.3 is 11.1 Å². The summed E-state index contributed by atoms with van der Waals surface area (Å²) in [6, 6.07) is 4.52. The first-order valence-electron chi connectivity index (χ1n) is 6.35. The zero-order valence-corrected chi connectivity index (χ0v) is 13.7. The SMILES string of the molecule is CNS(=O)(=O)c1ccc(N)c(NC(C)c2nc(C)cs2)c1. The van der Waals surface area contributed by atoms with E-state index in [1.807, 2.05) is 19.2 Å². The summed E-state index contributed by atoms with van der Waals surface area (Å²) in [7, 11) is -2.12. The summed E-state index contributed by atoms with van der Waals surface area (Å²) in [6.45, 7) is 3.89. The van der Waals surface area contributed by atoms with Gasteiger partial charge in [0.15, 0.2) is 0 Å². The van der Waals surface area contributed by atoms with E-state index in [4.69, 9.17) is 5.73 Å². The Hall–Kier alpha value is -1.64. The number of nitrogens with two attached hydrogens (primary N) is 1. The quantitative estimate of drug-likeness (QED) is 0.731. The molecule has 8 heteroatoms. The van der Waals surface area contributed by atoms with Gasteiger partial charge in [0.1, 0.15) is 5.01 Å². The maximum absolute atomic E-state index is 11.8. The summed E-state index contributed by atoms with van der Waals surface area (Å²) < 4.78 is 26.0. The Morgan fingerprint density at radius 2 is 2.10 bits per heavy atom. The van der Waals surface area contributed by atoms with Gasteiger partial charge >= 0.3 is 0 Å². The standard InChI is InChI=1S/C13H18N4O2S2/c1-8-7-20-13(16-8)9(2)17-12-6-10(4-5-11(12)14)21(18,19)15-3/h4-7,9,15,17H,14H2,1-3H3. The van der Waals surface area contributed by atoms with Crippen molar-refractivity contribution >= 4 is 32.7 Å². The van der Waals surface area contributed by atoms with E-state index < -0.39 is 10.0 Å². The van der Waals surface area contributed by atoms with Gasteiger partial charge in [-0.15, -0.1) is 11.3 Å². The number of hydrogen-bond acceptors (Lipinski definition) is 6. The first-order valence-corrected chi connectivity index (χ1v) is 8.71. The molecule has 21 heavy (non-hydrogen) atoms. The van der Waals surface area contributed by atoms with Crippen molar-refractivity contribution < 1.29 is 8.42 Å². The zero-order valence-electron chi connectivity index (χ0n) is 12.0. The molecule has 6 nitrogen and oxygen atoms in total. The molecule has 2 rings (SSSR count). The lowest BCUT2D eigenvalue weighted by Gasteiger charge is -2.16. The van der Waals surface area contributed by atoms with E-state index in [2.05, 4.69) is 15.0 Å². The maximum atomic E-state index is 11.8. The first kappa shape index (κ1) is 15.7. The minimum Gasteiger partial charge on any atom is -0.397 e. The molecule has 1 aromatic carbocycles. The number of nitrogen functional groups attached to an aromatic ring is 1. The molecule has 0 aliphatic rings. The van der Waals surface area contributed by atoms with Crippen molar-refractivity contribution in [3.05, 3.63) is 34.3 Å². The van der Waals surface area contributed by atoms with Gasteiger partial charge in [-0.25, -0.2) is 18.1 Å². The fraction of sp³-hybridized carbons (Fsp3) is 0.308. The van der Waals surface area contributed by atoms with Crippen molar-refractivity contribution in [1.29, 1.82) is 0 Å². The van der Waals surface area contributed by atoms with Crippen LogP contribution >= 0.6 is 11.3 Å². The second kappa shape index (κ2) is 6.00. The molecule has 4 N–H and O–H groups in total. The van der Waals surface area contributed by atoms with Crippen LogP contribution in [0.5, 0.6) is 0 Å². The molecular weight excluding hydrogens is 308 g/mol. The number of benzene rings is 1. The molecule has 0 aliphatic heterocycles. The van der Waals surface area contributed by atoms with Gasteiger partial charge in [0.25, 0.3) is 0 Å². The van der Waals surface area contributed by atoms with E-state index in [0.717, 1.165) is 10.7 Å². The number of nitrogens with one attached hydrogen (secondary N) is 2. The highest BCUT2D eigenvalue weighted by Crippen LogP contribution is 2.28. The molecule has 0 fully saturated rings. The van der Waals surface area contributed by atoms with Crippen LogP contribution in [0.25, 0.3) is 0 Å². The second-order valence-corrected chi connectivity index (χ2v) is 7.43. The average Bonchev–Trinajstić information content (AvgIpc) is 2.87. The van der Waals surface area contributed by atoms with Gasteiger partial charge in [-0.1, -0.05) is 0 Å². The summed E-state index contributed by atoms with van der Waals surface area (Å²) in [5, 5.41) is 6.10. The predicted octanol–water partition coefficient (Wildman–Crippen LogP) is 2.11. The molecule has 1 atom stereocenters. The zero-order chi connectivity index (χ0) is 15.6. The third kappa shape index (κ3) is 3.52. The van der Waals surface area contributed by atoms with E-state index in [9.17, 15) is 8.42 Å². The van der Waals surface area contributed by atoms with Crippen LogP contribution in [0.15, 0.2) is 28.5 Å². The highest BCUT2D eigenvalue weighted by atomic mass is 32.2. The van der Waals surface area contributed by atoms with Gasteiger partial charge in [0.2, 0.25) is 10.0 Å². The topological polar surface area (TPSA) is 97.1 Å². The minimum absolute atomic E-state index is 0.0569. The highest BCUT2D eigenvalue weighted by molar-refractivity contribution is 7.89. The van der Waals surface area contributed by atoms with E-state index in [-0.39, 0.29) is 10.9 Å². The largest absolute Gasteiger partial charge is 0.397 e. The normalized spacial score (nSPS) is 13.1. The van der Waals surface area contributed by atoms with Crippen LogP contribution in [0, 0.1) is 6.92 Å². The number of sulfonamides is 1. The Kier molecular flexibility index (Phi) is 4.50. The molecule has 2 aromatic rings. The number of hydrogen-bond donors (Lipinski definition) is 3. The molecule has 0 saturated carbocycles. The molecule has 0 spiro atoms. The van der Waals surface area contributed by atoms with Crippen LogP contribution in [0.4, 0.5) is 11.4 Å². The summed E-state index contributed by atoms with van der Waals surface area (Å²) >= 11 is 1.55. The van der Waals surface area contributed by atoms with Crippen LogP contribution in [0.2, 0.25) is 0 Å². The lowest BCUT2D eigenvalue weighted by Crippen LogP contribution is -2.19.